The fourth-order valence-corrected chi connectivity index (χ4v) is 4.66. The number of rotatable bonds is 5. The van der Waals surface area contributed by atoms with Crippen LogP contribution in [-0.4, -0.2) is 44.5 Å². The van der Waals surface area contributed by atoms with Gasteiger partial charge < -0.3 is 19.3 Å². The molecule has 1 atom stereocenters. The third kappa shape index (κ3) is 3.05. The van der Waals surface area contributed by atoms with E-state index in [2.05, 4.69) is 23.1 Å². The summed E-state index contributed by atoms with van der Waals surface area (Å²) in [6.45, 7) is 2.00. The molecule has 2 heterocycles. The molecule has 4 rings (SSSR count). The molecule has 0 saturated heterocycles. The second kappa shape index (κ2) is 7.41. The van der Waals surface area contributed by atoms with Crippen molar-refractivity contribution in [2.75, 3.05) is 34.5 Å². The minimum absolute atomic E-state index is 0.147. The molecule has 2 aromatic carbocycles. The summed E-state index contributed by atoms with van der Waals surface area (Å²) in [5.74, 6) is 2.52. The molecule has 2 aliphatic rings. The maximum atomic E-state index is 9.58. The van der Waals surface area contributed by atoms with Gasteiger partial charge in [0, 0.05) is 31.3 Å². The number of hydrogen-bond donors (Lipinski definition) is 1. The van der Waals surface area contributed by atoms with Crippen LogP contribution < -0.4 is 14.2 Å². The predicted molar refractivity (Wildman–Crippen MR) is 104 cm³/mol. The van der Waals surface area contributed by atoms with Crippen LogP contribution in [0.1, 0.15) is 33.9 Å². The van der Waals surface area contributed by atoms with E-state index < -0.39 is 0 Å². The molecule has 2 aromatic rings. The van der Waals surface area contributed by atoms with Gasteiger partial charge in [-0.3, -0.25) is 4.90 Å². The van der Waals surface area contributed by atoms with Gasteiger partial charge in [0.1, 0.15) is 5.75 Å². The molecule has 0 fully saturated rings. The number of nitrogens with zero attached hydrogens (tertiary/aromatic N) is 1. The number of methoxy groups -OCH3 is 3. The van der Waals surface area contributed by atoms with E-state index >= 15 is 0 Å². The molecular formula is C22H27NO4. The maximum Gasteiger partial charge on any atom is 0.165 e. The molecule has 0 spiro atoms. The summed E-state index contributed by atoms with van der Waals surface area (Å²) in [7, 11) is 5.10. The highest BCUT2D eigenvalue weighted by atomic mass is 16.5. The quantitative estimate of drug-likeness (QED) is 0.878. The first-order valence-electron chi connectivity index (χ1n) is 9.47. The summed E-state index contributed by atoms with van der Waals surface area (Å²) in [5, 5.41) is 9.58. The normalized spacial score (nSPS) is 18.3. The standard InChI is InChI=1S/C22H27NO4/c1-25-17-10-15-6-8-23-13-18-14(4-5-20(26-2)22(18)27-3)12-19(23)21(15)16(11-17)7-9-24/h4-5,10-11,19,24H,6-9,12-13H2,1-3H3/t19-/m0/s1. The molecular weight excluding hydrogens is 342 g/mol. The highest BCUT2D eigenvalue weighted by Gasteiger charge is 2.35. The monoisotopic (exact) mass is 369 g/mol. The first kappa shape index (κ1) is 18.1. The average Bonchev–Trinajstić information content (AvgIpc) is 2.71. The van der Waals surface area contributed by atoms with Crippen molar-refractivity contribution in [2.45, 2.75) is 31.8 Å². The number of aliphatic hydroxyl groups excluding tert-OH is 1. The number of hydrogen-bond acceptors (Lipinski definition) is 5. The largest absolute Gasteiger partial charge is 0.497 e. The van der Waals surface area contributed by atoms with Crippen molar-refractivity contribution in [3.63, 3.8) is 0 Å². The average molecular weight is 369 g/mol. The second-order valence-electron chi connectivity index (χ2n) is 7.21. The Bertz CT molecular complexity index is 849. The Morgan fingerprint density at radius 1 is 1.07 bits per heavy atom. The Morgan fingerprint density at radius 2 is 1.93 bits per heavy atom. The van der Waals surface area contributed by atoms with Crippen LogP contribution in [0.2, 0.25) is 0 Å². The van der Waals surface area contributed by atoms with E-state index in [-0.39, 0.29) is 6.61 Å². The van der Waals surface area contributed by atoms with Crippen LogP contribution in [0, 0.1) is 0 Å². The fourth-order valence-electron chi connectivity index (χ4n) is 4.66. The fraction of sp³-hybridized carbons (Fsp3) is 0.455. The zero-order valence-corrected chi connectivity index (χ0v) is 16.2. The summed E-state index contributed by atoms with van der Waals surface area (Å²) in [5.41, 5.74) is 6.46. The van der Waals surface area contributed by atoms with Gasteiger partial charge in [0.2, 0.25) is 0 Å². The maximum absolute atomic E-state index is 9.58. The molecule has 1 N–H and O–H groups in total. The smallest absolute Gasteiger partial charge is 0.165 e. The summed E-state index contributed by atoms with van der Waals surface area (Å²) in [6.07, 6.45) is 2.58. The zero-order valence-electron chi connectivity index (χ0n) is 16.2. The molecule has 144 valence electrons. The van der Waals surface area contributed by atoms with Crippen LogP contribution in [-0.2, 0) is 25.8 Å². The van der Waals surface area contributed by atoms with Gasteiger partial charge in [-0.15, -0.1) is 0 Å². The van der Waals surface area contributed by atoms with Crippen LogP contribution >= 0.6 is 0 Å². The summed E-state index contributed by atoms with van der Waals surface area (Å²) >= 11 is 0. The third-order valence-electron chi connectivity index (χ3n) is 5.90. The van der Waals surface area contributed by atoms with Gasteiger partial charge >= 0.3 is 0 Å². The van der Waals surface area contributed by atoms with Crippen molar-refractivity contribution in [1.82, 2.24) is 4.90 Å². The molecule has 2 aliphatic heterocycles. The van der Waals surface area contributed by atoms with E-state index in [1.54, 1.807) is 21.3 Å². The lowest BCUT2D eigenvalue weighted by atomic mass is 9.81. The SMILES string of the molecule is COc1cc(CCO)c2c(c1)CCN1Cc3c(ccc(OC)c3OC)C[C@@H]21. The van der Waals surface area contributed by atoms with Crippen LogP contribution in [0.15, 0.2) is 24.3 Å². The summed E-state index contributed by atoms with van der Waals surface area (Å²) < 4.78 is 16.7. The molecule has 0 aliphatic carbocycles. The summed E-state index contributed by atoms with van der Waals surface area (Å²) in [4.78, 5) is 2.53. The number of ether oxygens (including phenoxy) is 3. The molecule has 0 radical (unpaired) electrons. The minimum Gasteiger partial charge on any atom is -0.497 e. The first-order chi connectivity index (χ1) is 13.2. The van der Waals surface area contributed by atoms with Crippen molar-refractivity contribution in [2.24, 2.45) is 0 Å². The second-order valence-corrected chi connectivity index (χ2v) is 7.21. The molecule has 5 nitrogen and oxygen atoms in total. The van der Waals surface area contributed by atoms with E-state index in [0.29, 0.717) is 12.5 Å². The first-order valence-corrected chi connectivity index (χ1v) is 9.47. The van der Waals surface area contributed by atoms with E-state index in [4.69, 9.17) is 14.2 Å². The minimum atomic E-state index is 0.147. The molecule has 0 aromatic heterocycles. The van der Waals surface area contributed by atoms with Crippen LogP contribution in [0.5, 0.6) is 17.2 Å². The Morgan fingerprint density at radius 3 is 2.63 bits per heavy atom. The van der Waals surface area contributed by atoms with E-state index in [0.717, 1.165) is 43.2 Å². The number of aliphatic hydroxyl groups is 1. The molecule has 5 heteroatoms. The molecule has 0 amide bonds. The van der Waals surface area contributed by atoms with Gasteiger partial charge in [0.15, 0.2) is 11.5 Å². The van der Waals surface area contributed by atoms with Gasteiger partial charge in [0.05, 0.1) is 21.3 Å². The Labute approximate surface area is 160 Å². The lowest BCUT2D eigenvalue weighted by Gasteiger charge is -2.43. The molecule has 0 saturated carbocycles. The lowest BCUT2D eigenvalue weighted by molar-refractivity contribution is 0.156. The zero-order chi connectivity index (χ0) is 19.0. The van der Waals surface area contributed by atoms with Crippen LogP contribution in [0.25, 0.3) is 0 Å². The predicted octanol–water partition coefficient (Wildman–Crippen LogP) is 2.90. The van der Waals surface area contributed by atoms with Crippen molar-refractivity contribution in [3.05, 3.63) is 52.1 Å². The molecule has 27 heavy (non-hydrogen) atoms. The van der Waals surface area contributed by atoms with E-state index in [9.17, 15) is 5.11 Å². The van der Waals surface area contributed by atoms with Crippen molar-refractivity contribution >= 4 is 0 Å². The van der Waals surface area contributed by atoms with Crippen LogP contribution in [0.3, 0.4) is 0 Å². The highest BCUT2D eigenvalue weighted by molar-refractivity contribution is 5.54. The lowest BCUT2D eigenvalue weighted by Crippen LogP contribution is -2.40. The van der Waals surface area contributed by atoms with Gasteiger partial charge in [-0.1, -0.05) is 6.07 Å². The van der Waals surface area contributed by atoms with Gasteiger partial charge in [-0.2, -0.15) is 0 Å². The van der Waals surface area contributed by atoms with Gasteiger partial charge in [-0.25, -0.2) is 0 Å². The molecule has 0 unspecified atom stereocenters. The number of benzene rings is 2. The van der Waals surface area contributed by atoms with Crippen molar-refractivity contribution in [1.29, 1.82) is 0 Å². The third-order valence-corrected chi connectivity index (χ3v) is 5.90. The number of fused-ring (bicyclic) bond motifs is 4. The van der Waals surface area contributed by atoms with Crippen molar-refractivity contribution < 1.29 is 19.3 Å². The van der Waals surface area contributed by atoms with E-state index in [1.165, 1.54) is 27.8 Å². The Kier molecular flexibility index (Phi) is 4.98. The highest BCUT2D eigenvalue weighted by Crippen LogP contribution is 2.45. The molecule has 0 bridgehead atoms. The Balaban J connectivity index is 1.78. The van der Waals surface area contributed by atoms with Gasteiger partial charge in [0.25, 0.3) is 0 Å². The topological polar surface area (TPSA) is 51.2 Å². The van der Waals surface area contributed by atoms with Gasteiger partial charge in [-0.05, 0) is 59.7 Å². The van der Waals surface area contributed by atoms with E-state index in [1.807, 2.05) is 6.07 Å². The van der Waals surface area contributed by atoms with Crippen LogP contribution in [0.4, 0.5) is 0 Å². The summed E-state index contributed by atoms with van der Waals surface area (Å²) in [6, 6.07) is 8.74. The Hall–Kier alpha value is -2.24. The van der Waals surface area contributed by atoms with Crippen molar-refractivity contribution in [3.8, 4) is 17.2 Å².